The fourth-order valence-electron chi connectivity index (χ4n) is 13.9. The van der Waals surface area contributed by atoms with Crippen LogP contribution in [0.5, 0.6) is 11.5 Å². The van der Waals surface area contributed by atoms with Crippen LogP contribution in [0.3, 0.4) is 0 Å². The predicted octanol–water partition coefficient (Wildman–Crippen LogP) is 14.9. The van der Waals surface area contributed by atoms with Crippen molar-refractivity contribution in [1.82, 2.24) is 0 Å². The van der Waals surface area contributed by atoms with E-state index in [0.717, 1.165) is 39.7 Å². The van der Waals surface area contributed by atoms with E-state index in [0.29, 0.717) is 0 Å². The van der Waals surface area contributed by atoms with Crippen molar-refractivity contribution in [3.8, 4) is 22.6 Å². The van der Waals surface area contributed by atoms with Crippen molar-refractivity contribution in [3.05, 3.63) is 342 Å². The summed E-state index contributed by atoms with van der Waals surface area (Å²) in [5.74, 6) is 1.73. The molecule has 0 saturated carbocycles. The Morgan fingerprint density at radius 3 is 1.41 bits per heavy atom. The number of benzene rings is 12. The van der Waals surface area contributed by atoms with Gasteiger partial charge in [-0.25, -0.2) is 0 Å². The summed E-state index contributed by atoms with van der Waals surface area (Å²) in [4.78, 5) is 2.47. The lowest BCUT2D eigenvalue weighted by atomic mass is 9.63. The van der Waals surface area contributed by atoms with Crippen LogP contribution >= 0.6 is 0 Å². The van der Waals surface area contributed by atoms with Crippen LogP contribution in [0, 0.1) is 0 Å². The van der Waals surface area contributed by atoms with Crippen LogP contribution in [0.1, 0.15) is 44.5 Å². The van der Waals surface area contributed by atoms with Crippen molar-refractivity contribution >= 4 is 56.7 Å². The Hall–Kier alpha value is -9.28. The van der Waals surface area contributed by atoms with Crippen LogP contribution in [0.4, 0.5) is 17.1 Å². The fourth-order valence-corrected chi connectivity index (χ4v) is 19.2. The average molecular weight is 972 g/mol. The summed E-state index contributed by atoms with van der Waals surface area (Å²) < 4.78 is 7.15. The molecule has 1 spiro atoms. The lowest BCUT2D eigenvalue weighted by molar-refractivity contribution is 0.435. The van der Waals surface area contributed by atoms with E-state index in [-0.39, 0.29) is 0 Å². The van der Waals surface area contributed by atoms with Crippen molar-refractivity contribution in [2.24, 2.45) is 0 Å². The quantitative estimate of drug-likeness (QED) is 0.148. The van der Waals surface area contributed by atoms with Gasteiger partial charge in [0.2, 0.25) is 0 Å². The SMILES string of the molecule is c1ccc(C2(c3ccc(N(c4ccc5c(c4)C4(c6ccccc6O5)c5ccccc5[Si](c5ccccc5)(c5ccccc5)c5ccccc54)c4cccc5ccccc45)cc3)c3ccccc3-c3ccccc32)cc1. The summed E-state index contributed by atoms with van der Waals surface area (Å²) in [7, 11) is -2.94. The van der Waals surface area contributed by atoms with E-state index in [4.69, 9.17) is 4.74 Å². The van der Waals surface area contributed by atoms with Crippen LogP contribution < -0.4 is 30.4 Å². The van der Waals surface area contributed by atoms with Gasteiger partial charge in [0, 0.05) is 27.9 Å². The topological polar surface area (TPSA) is 12.5 Å². The average Bonchev–Trinajstić information content (AvgIpc) is 3.82. The number of anilines is 3. The molecule has 3 heteroatoms. The zero-order valence-electron chi connectivity index (χ0n) is 41.1. The Bertz CT molecular complexity index is 4030. The number of ether oxygens (including phenoxy) is 1. The van der Waals surface area contributed by atoms with E-state index < -0.39 is 18.9 Å². The number of hydrogen-bond acceptors (Lipinski definition) is 2. The van der Waals surface area contributed by atoms with Gasteiger partial charge in [0.15, 0.2) is 8.07 Å². The van der Waals surface area contributed by atoms with Crippen molar-refractivity contribution in [3.63, 3.8) is 0 Å². The Morgan fingerprint density at radius 1 is 0.307 bits per heavy atom. The maximum atomic E-state index is 7.15. The minimum Gasteiger partial charge on any atom is -0.457 e. The van der Waals surface area contributed by atoms with Gasteiger partial charge in [0.05, 0.1) is 16.5 Å². The van der Waals surface area contributed by atoms with E-state index in [2.05, 4.69) is 302 Å². The lowest BCUT2D eigenvalue weighted by Gasteiger charge is -2.51. The van der Waals surface area contributed by atoms with Gasteiger partial charge in [-0.1, -0.05) is 255 Å². The number of hydrogen-bond donors (Lipinski definition) is 0. The van der Waals surface area contributed by atoms with Gasteiger partial charge in [0.1, 0.15) is 11.5 Å². The Labute approximate surface area is 439 Å². The lowest BCUT2D eigenvalue weighted by Crippen LogP contribution is -2.79. The molecule has 2 nitrogen and oxygen atoms in total. The van der Waals surface area contributed by atoms with E-state index in [9.17, 15) is 0 Å². The van der Waals surface area contributed by atoms with Gasteiger partial charge >= 0.3 is 0 Å². The second-order valence-electron chi connectivity index (χ2n) is 20.2. The normalized spacial score (nSPS) is 14.6. The minimum atomic E-state index is -2.94. The molecule has 0 atom stereocenters. The highest BCUT2D eigenvalue weighted by Gasteiger charge is 2.57. The van der Waals surface area contributed by atoms with Crippen molar-refractivity contribution in [2.75, 3.05) is 4.90 Å². The largest absolute Gasteiger partial charge is 0.457 e. The van der Waals surface area contributed by atoms with E-state index in [1.807, 2.05) is 0 Å². The molecule has 0 amide bonds. The van der Waals surface area contributed by atoms with Gasteiger partial charge < -0.3 is 9.64 Å². The second-order valence-corrected chi connectivity index (χ2v) is 23.9. The molecule has 1 aliphatic carbocycles. The molecule has 0 unspecified atom stereocenters. The summed E-state index contributed by atoms with van der Waals surface area (Å²) in [5, 5.41) is 7.86. The van der Waals surface area contributed by atoms with E-state index >= 15 is 0 Å². The highest BCUT2D eigenvalue weighted by Crippen LogP contribution is 2.59. The van der Waals surface area contributed by atoms with Crippen molar-refractivity contribution < 1.29 is 4.74 Å². The first kappa shape index (κ1) is 43.3. The minimum absolute atomic E-state index is 0.514. The molecule has 352 valence electrons. The molecule has 0 aromatic heterocycles. The highest BCUT2D eigenvalue weighted by molar-refractivity contribution is 7.20. The standard InChI is InChI=1S/C72H49NOSi/c1-4-25-51(26-5-1)71(60-34-14-12-32-58(60)59-33-13-15-35-61(59)71)52-43-45-53(46-44-52)73(66-39-22-24-50-23-10-11-31-57(50)66)54-47-48-68-65(49-54)72(62-36-16-19-40-67(62)74-68)63-37-17-20-41-69(63)75(55-27-6-2-7-28-55,56-29-8-3-9-30-56)70-42-21-18-38-64(70)72/h1-49H. The van der Waals surface area contributed by atoms with Crippen LogP contribution in [0.2, 0.25) is 0 Å². The van der Waals surface area contributed by atoms with E-state index in [1.165, 1.54) is 76.0 Å². The molecular formula is C72H49NOSi. The first-order chi connectivity index (χ1) is 37.2. The number of fused-ring (bicyclic) bond motifs is 12. The van der Waals surface area contributed by atoms with Gasteiger partial charge in [-0.15, -0.1) is 0 Å². The first-order valence-electron chi connectivity index (χ1n) is 26.1. The second kappa shape index (κ2) is 16.9. The smallest absolute Gasteiger partial charge is 0.180 e. The maximum Gasteiger partial charge on any atom is 0.180 e. The zero-order chi connectivity index (χ0) is 49.6. The molecule has 0 saturated heterocycles. The molecule has 0 N–H and O–H groups in total. The summed E-state index contributed by atoms with van der Waals surface area (Å²) in [6.07, 6.45) is 0. The summed E-state index contributed by atoms with van der Waals surface area (Å²) in [6.45, 7) is 0. The van der Waals surface area contributed by atoms with Crippen molar-refractivity contribution in [2.45, 2.75) is 10.8 Å². The zero-order valence-corrected chi connectivity index (χ0v) is 42.1. The Morgan fingerprint density at radius 2 is 0.773 bits per heavy atom. The van der Waals surface area contributed by atoms with Gasteiger partial charge in [-0.05, 0) is 113 Å². The Balaban J connectivity index is 0.995. The molecule has 2 aliphatic heterocycles. The predicted molar refractivity (Wildman–Crippen MR) is 311 cm³/mol. The molecule has 75 heavy (non-hydrogen) atoms. The maximum absolute atomic E-state index is 7.15. The summed E-state index contributed by atoms with van der Waals surface area (Å²) >= 11 is 0. The number of rotatable bonds is 7. The third kappa shape index (κ3) is 6.02. The van der Waals surface area contributed by atoms with Gasteiger partial charge in [-0.3, -0.25) is 0 Å². The van der Waals surface area contributed by atoms with Crippen LogP contribution in [-0.4, -0.2) is 8.07 Å². The number of para-hydroxylation sites is 1. The summed E-state index contributed by atoms with van der Waals surface area (Å²) in [5.41, 5.74) is 14.4. The molecular weight excluding hydrogens is 923 g/mol. The molecule has 12 aromatic rings. The molecule has 3 aliphatic rings. The molecule has 12 aromatic carbocycles. The third-order valence-electron chi connectivity index (χ3n) is 16.7. The molecule has 15 rings (SSSR count). The molecule has 0 fully saturated rings. The third-order valence-corrected chi connectivity index (χ3v) is 21.6. The van der Waals surface area contributed by atoms with Crippen LogP contribution in [0.15, 0.2) is 297 Å². The molecule has 0 radical (unpaired) electrons. The van der Waals surface area contributed by atoms with Gasteiger partial charge in [-0.2, -0.15) is 0 Å². The van der Waals surface area contributed by atoms with Crippen molar-refractivity contribution in [1.29, 1.82) is 0 Å². The summed E-state index contributed by atoms with van der Waals surface area (Å²) in [6, 6.07) is 111. The van der Waals surface area contributed by atoms with Gasteiger partial charge in [0.25, 0.3) is 0 Å². The molecule has 0 bridgehead atoms. The first-order valence-corrected chi connectivity index (χ1v) is 28.1. The Kier molecular flexibility index (Phi) is 9.75. The monoisotopic (exact) mass is 971 g/mol. The van der Waals surface area contributed by atoms with Crippen LogP contribution in [-0.2, 0) is 10.8 Å². The molecule has 2 heterocycles. The highest BCUT2D eigenvalue weighted by atomic mass is 28.3. The fraction of sp³-hybridized carbons (Fsp3) is 0.0278. The van der Waals surface area contributed by atoms with Crippen LogP contribution in [0.25, 0.3) is 21.9 Å². The number of nitrogens with zero attached hydrogens (tertiary/aromatic N) is 1. The van der Waals surface area contributed by atoms with E-state index in [1.54, 1.807) is 0 Å².